The van der Waals surface area contributed by atoms with Crippen LogP contribution in [0.15, 0.2) is 52.1 Å². The summed E-state index contributed by atoms with van der Waals surface area (Å²) in [6.07, 6.45) is 2.47. The third kappa shape index (κ3) is 5.52. The molecule has 31 heavy (non-hydrogen) atoms. The Kier molecular flexibility index (Phi) is 7.46. The standard InChI is InChI=1S/C23H26N4O3S/c1-5-17-9-6-7-11-20(17)25-21(28)13-27(4)23(29)18-10-8-12-24-22(18)31-14-19-15(2)26-30-16(19)3/h6-12H,5,13-14H2,1-4H3,(H,25,28). The number of carbonyl (C=O) groups excluding carboxylic acids is 2. The molecule has 0 aliphatic carbocycles. The van der Waals surface area contributed by atoms with E-state index in [4.69, 9.17) is 4.52 Å². The molecule has 0 unspecified atom stereocenters. The van der Waals surface area contributed by atoms with Crippen LogP contribution in [-0.4, -0.2) is 40.4 Å². The number of aromatic nitrogens is 2. The van der Waals surface area contributed by atoms with E-state index in [-0.39, 0.29) is 18.4 Å². The predicted octanol–water partition coefficient (Wildman–Crippen LogP) is 4.25. The molecule has 2 amide bonds. The quantitative estimate of drug-likeness (QED) is 0.529. The molecule has 8 heteroatoms. The molecule has 0 bridgehead atoms. The first kappa shape index (κ1) is 22.6. The maximum Gasteiger partial charge on any atom is 0.256 e. The summed E-state index contributed by atoms with van der Waals surface area (Å²) in [4.78, 5) is 31.3. The van der Waals surface area contributed by atoms with Crippen molar-refractivity contribution in [3.8, 4) is 0 Å². The number of hydrogen-bond acceptors (Lipinski definition) is 6. The number of pyridine rings is 1. The van der Waals surface area contributed by atoms with Crippen LogP contribution in [0.25, 0.3) is 0 Å². The SMILES string of the molecule is CCc1ccccc1NC(=O)CN(C)C(=O)c1cccnc1SCc1c(C)noc1C. The van der Waals surface area contributed by atoms with E-state index in [0.717, 1.165) is 34.7 Å². The van der Waals surface area contributed by atoms with E-state index in [2.05, 4.69) is 15.5 Å². The zero-order chi connectivity index (χ0) is 22.4. The van der Waals surface area contributed by atoms with Gasteiger partial charge in [0.05, 0.1) is 17.8 Å². The number of nitrogens with one attached hydrogen (secondary N) is 1. The monoisotopic (exact) mass is 438 g/mol. The molecule has 0 saturated heterocycles. The third-order valence-electron chi connectivity index (χ3n) is 4.94. The summed E-state index contributed by atoms with van der Waals surface area (Å²) in [7, 11) is 1.61. The number of carbonyl (C=O) groups is 2. The lowest BCUT2D eigenvalue weighted by Crippen LogP contribution is -2.35. The molecule has 0 atom stereocenters. The van der Waals surface area contributed by atoms with Crippen molar-refractivity contribution in [3.05, 3.63) is 70.7 Å². The summed E-state index contributed by atoms with van der Waals surface area (Å²) in [5, 5.41) is 7.47. The predicted molar refractivity (Wildman–Crippen MR) is 121 cm³/mol. The maximum absolute atomic E-state index is 13.0. The number of amides is 2. The number of para-hydroxylation sites is 1. The van der Waals surface area contributed by atoms with Crippen molar-refractivity contribution in [1.29, 1.82) is 0 Å². The van der Waals surface area contributed by atoms with Gasteiger partial charge in [0.15, 0.2) is 0 Å². The number of nitrogens with zero attached hydrogens (tertiary/aromatic N) is 3. The number of hydrogen-bond donors (Lipinski definition) is 1. The molecule has 3 rings (SSSR count). The Hall–Kier alpha value is -3.13. The highest BCUT2D eigenvalue weighted by Gasteiger charge is 2.20. The minimum Gasteiger partial charge on any atom is -0.361 e. The smallest absolute Gasteiger partial charge is 0.256 e. The molecule has 0 aliphatic rings. The van der Waals surface area contributed by atoms with Gasteiger partial charge in [-0.3, -0.25) is 9.59 Å². The fourth-order valence-corrected chi connectivity index (χ4v) is 4.29. The number of aryl methyl sites for hydroxylation is 3. The second kappa shape index (κ2) is 10.3. The molecule has 7 nitrogen and oxygen atoms in total. The molecule has 0 saturated carbocycles. The number of benzene rings is 1. The van der Waals surface area contributed by atoms with Crippen molar-refractivity contribution in [1.82, 2.24) is 15.0 Å². The van der Waals surface area contributed by atoms with Gasteiger partial charge in [-0.1, -0.05) is 30.3 Å². The Labute approximate surface area is 186 Å². The lowest BCUT2D eigenvalue weighted by atomic mass is 10.1. The third-order valence-corrected chi connectivity index (χ3v) is 5.97. The van der Waals surface area contributed by atoms with Crippen molar-refractivity contribution in [2.75, 3.05) is 18.9 Å². The molecule has 0 spiro atoms. The Morgan fingerprint density at radius 2 is 1.94 bits per heavy atom. The normalized spacial score (nSPS) is 10.7. The van der Waals surface area contributed by atoms with Crippen molar-refractivity contribution in [3.63, 3.8) is 0 Å². The maximum atomic E-state index is 13.0. The molecule has 2 heterocycles. The van der Waals surface area contributed by atoms with Crippen molar-refractivity contribution >= 4 is 29.3 Å². The molecule has 2 aromatic heterocycles. The Bertz CT molecular complexity index is 1060. The van der Waals surface area contributed by atoms with Crippen LogP contribution in [0.3, 0.4) is 0 Å². The second-order valence-corrected chi connectivity index (χ2v) is 8.13. The van der Waals surface area contributed by atoms with Gasteiger partial charge < -0.3 is 14.7 Å². The van der Waals surface area contributed by atoms with Crippen LogP contribution in [0.2, 0.25) is 0 Å². The summed E-state index contributed by atoms with van der Waals surface area (Å²) in [6, 6.07) is 11.1. The van der Waals surface area contributed by atoms with Crippen LogP contribution in [0.1, 0.15) is 39.9 Å². The number of anilines is 1. The fourth-order valence-electron chi connectivity index (χ4n) is 3.15. The highest BCUT2D eigenvalue weighted by Crippen LogP contribution is 2.27. The van der Waals surface area contributed by atoms with E-state index in [0.29, 0.717) is 16.3 Å². The van der Waals surface area contributed by atoms with E-state index in [1.807, 2.05) is 45.0 Å². The average molecular weight is 439 g/mol. The van der Waals surface area contributed by atoms with E-state index in [1.165, 1.54) is 16.7 Å². The molecular weight excluding hydrogens is 412 g/mol. The highest BCUT2D eigenvalue weighted by molar-refractivity contribution is 7.98. The van der Waals surface area contributed by atoms with Crippen LogP contribution < -0.4 is 5.32 Å². The van der Waals surface area contributed by atoms with Crippen LogP contribution >= 0.6 is 11.8 Å². The minimum atomic E-state index is -0.256. The molecular formula is C23H26N4O3S. The first-order valence-electron chi connectivity index (χ1n) is 10.0. The van der Waals surface area contributed by atoms with Gasteiger partial charge in [0.1, 0.15) is 10.8 Å². The Balaban J connectivity index is 1.67. The Morgan fingerprint density at radius 3 is 2.65 bits per heavy atom. The molecule has 162 valence electrons. The van der Waals surface area contributed by atoms with Gasteiger partial charge in [-0.05, 0) is 44.0 Å². The van der Waals surface area contributed by atoms with Gasteiger partial charge in [-0.15, -0.1) is 11.8 Å². The topological polar surface area (TPSA) is 88.3 Å². The van der Waals surface area contributed by atoms with E-state index in [9.17, 15) is 9.59 Å². The van der Waals surface area contributed by atoms with Crippen LogP contribution in [0.5, 0.6) is 0 Å². The van der Waals surface area contributed by atoms with Crippen molar-refractivity contribution in [2.24, 2.45) is 0 Å². The van der Waals surface area contributed by atoms with E-state index in [1.54, 1.807) is 25.4 Å². The summed E-state index contributed by atoms with van der Waals surface area (Å²) < 4.78 is 5.21. The number of thioether (sulfide) groups is 1. The van der Waals surface area contributed by atoms with Crippen LogP contribution in [0.4, 0.5) is 5.69 Å². The lowest BCUT2D eigenvalue weighted by molar-refractivity contribution is -0.116. The summed E-state index contributed by atoms with van der Waals surface area (Å²) in [6.45, 7) is 5.73. The molecule has 0 aliphatic heterocycles. The summed E-state index contributed by atoms with van der Waals surface area (Å²) >= 11 is 1.45. The van der Waals surface area contributed by atoms with Gasteiger partial charge in [0.25, 0.3) is 5.91 Å². The second-order valence-electron chi connectivity index (χ2n) is 7.17. The first-order valence-corrected chi connectivity index (χ1v) is 11.0. The van der Waals surface area contributed by atoms with E-state index < -0.39 is 0 Å². The van der Waals surface area contributed by atoms with Gasteiger partial charge in [0.2, 0.25) is 5.91 Å². The van der Waals surface area contributed by atoms with Gasteiger partial charge in [-0.25, -0.2) is 4.98 Å². The van der Waals surface area contributed by atoms with Crippen molar-refractivity contribution in [2.45, 2.75) is 38.0 Å². The molecule has 1 N–H and O–H groups in total. The molecule has 1 aromatic carbocycles. The summed E-state index contributed by atoms with van der Waals surface area (Å²) in [5.41, 5.74) is 4.11. The summed E-state index contributed by atoms with van der Waals surface area (Å²) in [5.74, 6) is 0.852. The van der Waals surface area contributed by atoms with E-state index >= 15 is 0 Å². The van der Waals surface area contributed by atoms with Crippen molar-refractivity contribution < 1.29 is 14.1 Å². The molecule has 3 aromatic rings. The van der Waals surface area contributed by atoms with Crippen LogP contribution in [-0.2, 0) is 17.0 Å². The fraction of sp³-hybridized carbons (Fsp3) is 0.304. The number of likely N-dealkylation sites (N-methyl/N-ethyl adjacent to an activating group) is 1. The zero-order valence-corrected chi connectivity index (χ0v) is 19.0. The lowest BCUT2D eigenvalue weighted by Gasteiger charge is -2.19. The number of rotatable bonds is 8. The van der Waals surface area contributed by atoms with Gasteiger partial charge in [0, 0.05) is 30.2 Å². The van der Waals surface area contributed by atoms with Gasteiger partial charge >= 0.3 is 0 Å². The highest BCUT2D eigenvalue weighted by atomic mass is 32.2. The van der Waals surface area contributed by atoms with Gasteiger partial charge in [-0.2, -0.15) is 0 Å². The average Bonchev–Trinajstić information content (AvgIpc) is 3.09. The zero-order valence-electron chi connectivity index (χ0n) is 18.1. The minimum absolute atomic E-state index is 0.0558. The Morgan fingerprint density at radius 1 is 1.16 bits per heavy atom. The first-order chi connectivity index (χ1) is 14.9. The van der Waals surface area contributed by atoms with Crippen LogP contribution in [0, 0.1) is 13.8 Å². The molecule has 0 radical (unpaired) electrons. The molecule has 0 fully saturated rings. The largest absolute Gasteiger partial charge is 0.361 e.